The fourth-order valence-corrected chi connectivity index (χ4v) is 3.19. The van der Waals surface area contributed by atoms with Crippen LogP contribution in [0.5, 0.6) is 5.75 Å². The molecule has 2 rings (SSSR count). The summed E-state index contributed by atoms with van der Waals surface area (Å²) >= 11 is 0. The maximum Gasteiger partial charge on any atom is 0.177 e. The van der Waals surface area contributed by atoms with Crippen molar-refractivity contribution < 1.29 is 19.0 Å². The van der Waals surface area contributed by atoms with Crippen molar-refractivity contribution in [3.05, 3.63) is 24.3 Å². The first-order valence-corrected chi connectivity index (χ1v) is 8.18. The van der Waals surface area contributed by atoms with Gasteiger partial charge in [0.15, 0.2) is 6.29 Å². The molecule has 23 heavy (non-hydrogen) atoms. The molecule has 0 aromatic heterocycles. The normalized spacial score (nSPS) is 20.2. The summed E-state index contributed by atoms with van der Waals surface area (Å²) in [5.41, 5.74) is 0.923. The minimum Gasteiger partial charge on any atom is -0.497 e. The lowest BCUT2D eigenvalue weighted by molar-refractivity contribution is -0.138. The largest absolute Gasteiger partial charge is 0.497 e. The Balaban J connectivity index is 2.19. The lowest BCUT2D eigenvalue weighted by Gasteiger charge is -2.32. The van der Waals surface area contributed by atoms with Crippen LogP contribution in [-0.4, -0.2) is 39.4 Å². The maximum atomic E-state index is 12.5. The van der Waals surface area contributed by atoms with Crippen LogP contribution in [-0.2, 0) is 14.3 Å². The molecule has 5 nitrogen and oxygen atoms in total. The molecule has 1 N–H and O–H groups in total. The van der Waals surface area contributed by atoms with Crippen LogP contribution >= 0.6 is 0 Å². The number of carbonyl (C=O) groups excluding carboxylic acids is 1. The van der Waals surface area contributed by atoms with E-state index < -0.39 is 6.29 Å². The van der Waals surface area contributed by atoms with Crippen molar-refractivity contribution in [2.24, 2.45) is 5.92 Å². The molecule has 0 saturated heterocycles. The van der Waals surface area contributed by atoms with E-state index in [2.05, 4.69) is 5.32 Å². The van der Waals surface area contributed by atoms with Gasteiger partial charge in [0, 0.05) is 32.2 Å². The van der Waals surface area contributed by atoms with Gasteiger partial charge in [-0.25, -0.2) is 0 Å². The quantitative estimate of drug-likeness (QED) is 0.617. The Hall–Kier alpha value is -1.59. The van der Waals surface area contributed by atoms with E-state index in [4.69, 9.17) is 14.2 Å². The van der Waals surface area contributed by atoms with Crippen molar-refractivity contribution in [3.63, 3.8) is 0 Å². The molecule has 0 amide bonds. The van der Waals surface area contributed by atoms with E-state index in [0.717, 1.165) is 37.1 Å². The van der Waals surface area contributed by atoms with Crippen molar-refractivity contribution in [2.45, 2.75) is 44.4 Å². The van der Waals surface area contributed by atoms with Gasteiger partial charge in [0.25, 0.3) is 0 Å². The van der Waals surface area contributed by atoms with Crippen LogP contribution < -0.4 is 10.1 Å². The van der Waals surface area contributed by atoms with Gasteiger partial charge >= 0.3 is 0 Å². The van der Waals surface area contributed by atoms with E-state index in [1.165, 1.54) is 0 Å². The molecule has 2 unspecified atom stereocenters. The summed E-state index contributed by atoms with van der Waals surface area (Å²) in [6.45, 7) is 0. The van der Waals surface area contributed by atoms with Gasteiger partial charge in [0.2, 0.25) is 0 Å². The summed E-state index contributed by atoms with van der Waals surface area (Å²) < 4.78 is 16.1. The smallest absolute Gasteiger partial charge is 0.177 e. The highest BCUT2D eigenvalue weighted by molar-refractivity contribution is 5.82. The standard InChI is InChI=1S/C18H27NO4/c1-21-14-11-9-13(10-12-14)19-17(18(22-2)23-3)15-7-5-4-6-8-16(15)20/h9-12,15,17-19H,4-8H2,1-3H3. The van der Waals surface area contributed by atoms with Crippen molar-refractivity contribution >= 4 is 11.5 Å². The summed E-state index contributed by atoms with van der Waals surface area (Å²) in [6.07, 6.45) is 4.21. The predicted molar refractivity (Wildman–Crippen MR) is 89.8 cm³/mol. The molecule has 1 aliphatic rings. The van der Waals surface area contributed by atoms with Crippen LogP contribution in [0.2, 0.25) is 0 Å². The molecule has 2 atom stereocenters. The highest BCUT2D eigenvalue weighted by atomic mass is 16.7. The Kier molecular flexibility index (Phi) is 6.86. The number of ether oxygens (including phenoxy) is 3. The van der Waals surface area contributed by atoms with E-state index in [9.17, 15) is 4.79 Å². The number of anilines is 1. The summed E-state index contributed by atoms with van der Waals surface area (Å²) in [5.74, 6) is 1.00. The zero-order valence-corrected chi connectivity index (χ0v) is 14.2. The monoisotopic (exact) mass is 321 g/mol. The molecule has 0 spiro atoms. The Bertz CT molecular complexity index is 484. The summed E-state index contributed by atoms with van der Waals surface area (Å²) in [7, 11) is 4.86. The number of hydrogen-bond acceptors (Lipinski definition) is 5. The number of carbonyl (C=O) groups is 1. The Labute approximate surface area is 138 Å². The molecule has 1 aromatic rings. The number of ketones is 1. The number of benzene rings is 1. The van der Waals surface area contributed by atoms with Crippen molar-refractivity contribution in [3.8, 4) is 5.75 Å². The lowest BCUT2D eigenvalue weighted by atomic mass is 9.90. The SMILES string of the molecule is COc1ccc(NC(C(OC)OC)C2CCCCCC2=O)cc1. The third kappa shape index (κ3) is 4.69. The van der Waals surface area contributed by atoms with E-state index in [-0.39, 0.29) is 12.0 Å². The average molecular weight is 321 g/mol. The van der Waals surface area contributed by atoms with Crippen molar-refractivity contribution in [1.82, 2.24) is 0 Å². The molecule has 0 bridgehead atoms. The minimum atomic E-state index is -0.468. The summed E-state index contributed by atoms with van der Waals surface area (Å²) in [5, 5.41) is 3.43. The Morgan fingerprint density at radius 1 is 1.04 bits per heavy atom. The summed E-state index contributed by atoms with van der Waals surface area (Å²) in [4.78, 5) is 12.5. The highest BCUT2D eigenvalue weighted by Crippen LogP contribution is 2.28. The van der Waals surface area contributed by atoms with Gasteiger partial charge < -0.3 is 19.5 Å². The van der Waals surface area contributed by atoms with Crippen LogP contribution in [0.25, 0.3) is 0 Å². The molecule has 5 heteroatoms. The maximum absolute atomic E-state index is 12.5. The first kappa shape index (κ1) is 17.8. The van der Waals surface area contributed by atoms with Gasteiger partial charge in [0.05, 0.1) is 13.2 Å². The zero-order chi connectivity index (χ0) is 16.7. The number of Topliss-reactive ketones (excluding diaryl/α,β-unsaturated/α-hetero) is 1. The Morgan fingerprint density at radius 3 is 2.35 bits per heavy atom. The van der Waals surface area contributed by atoms with Gasteiger partial charge in [-0.2, -0.15) is 0 Å². The van der Waals surface area contributed by atoms with E-state index in [1.807, 2.05) is 24.3 Å². The first-order valence-electron chi connectivity index (χ1n) is 8.18. The molecule has 1 aliphatic carbocycles. The van der Waals surface area contributed by atoms with E-state index in [1.54, 1.807) is 21.3 Å². The molecule has 1 aromatic carbocycles. The molecule has 0 heterocycles. The second-order valence-electron chi connectivity index (χ2n) is 5.91. The van der Waals surface area contributed by atoms with Crippen LogP contribution in [0.1, 0.15) is 32.1 Å². The topological polar surface area (TPSA) is 56.8 Å². The Morgan fingerprint density at radius 2 is 1.74 bits per heavy atom. The fraction of sp³-hybridized carbons (Fsp3) is 0.611. The molecule has 1 saturated carbocycles. The fourth-order valence-electron chi connectivity index (χ4n) is 3.19. The van der Waals surface area contributed by atoms with Gasteiger partial charge in [-0.15, -0.1) is 0 Å². The number of hydrogen-bond donors (Lipinski definition) is 1. The highest BCUT2D eigenvalue weighted by Gasteiger charge is 2.35. The second kappa shape index (κ2) is 8.89. The second-order valence-corrected chi connectivity index (χ2v) is 5.91. The number of methoxy groups -OCH3 is 3. The first-order chi connectivity index (χ1) is 11.2. The molecular formula is C18H27NO4. The number of rotatable bonds is 7. The molecule has 0 aliphatic heterocycles. The minimum absolute atomic E-state index is 0.0931. The van der Waals surface area contributed by atoms with Gasteiger partial charge in [-0.1, -0.05) is 12.8 Å². The average Bonchev–Trinajstić information content (AvgIpc) is 2.80. The summed E-state index contributed by atoms with van der Waals surface area (Å²) in [6, 6.07) is 7.46. The van der Waals surface area contributed by atoms with E-state index in [0.29, 0.717) is 12.2 Å². The van der Waals surface area contributed by atoms with Gasteiger partial charge in [-0.05, 0) is 37.1 Å². The van der Waals surface area contributed by atoms with Crippen molar-refractivity contribution in [2.75, 3.05) is 26.6 Å². The van der Waals surface area contributed by atoms with Gasteiger partial charge in [0.1, 0.15) is 11.5 Å². The van der Waals surface area contributed by atoms with Crippen molar-refractivity contribution in [1.29, 1.82) is 0 Å². The van der Waals surface area contributed by atoms with Gasteiger partial charge in [-0.3, -0.25) is 4.79 Å². The third-order valence-corrected chi connectivity index (χ3v) is 4.47. The lowest BCUT2D eigenvalue weighted by Crippen LogP contribution is -2.45. The third-order valence-electron chi connectivity index (χ3n) is 4.47. The number of nitrogens with one attached hydrogen (secondary N) is 1. The van der Waals surface area contributed by atoms with Crippen LogP contribution in [0.4, 0.5) is 5.69 Å². The van der Waals surface area contributed by atoms with Crippen LogP contribution in [0.3, 0.4) is 0 Å². The molecule has 1 fully saturated rings. The zero-order valence-electron chi connectivity index (χ0n) is 14.2. The molecule has 0 radical (unpaired) electrons. The predicted octanol–water partition coefficient (Wildman–Crippen LogP) is 3.24. The van der Waals surface area contributed by atoms with Crippen LogP contribution in [0.15, 0.2) is 24.3 Å². The molecule has 128 valence electrons. The molecular weight excluding hydrogens is 294 g/mol. The van der Waals surface area contributed by atoms with Crippen LogP contribution in [0, 0.1) is 5.92 Å². The van der Waals surface area contributed by atoms with E-state index >= 15 is 0 Å².